The highest BCUT2D eigenvalue weighted by Crippen LogP contribution is 2.26. The van der Waals surface area contributed by atoms with E-state index in [1.807, 2.05) is 33.5 Å². The molecule has 1 atom stereocenters. The predicted molar refractivity (Wildman–Crippen MR) is 121 cm³/mol. The van der Waals surface area contributed by atoms with E-state index >= 15 is 0 Å². The molecule has 0 spiro atoms. The van der Waals surface area contributed by atoms with Crippen molar-refractivity contribution in [2.75, 3.05) is 37.3 Å². The van der Waals surface area contributed by atoms with Crippen molar-refractivity contribution < 1.29 is 4.21 Å². The summed E-state index contributed by atoms with van der Waals surface area (Å²) in [4.78, 5) is 6.78. The summed E-state index contributed by atoms with van der Waals surface area (Å²) in [7, 11) is -2.16. The van der Waals surface area contributed by atoms with Crippen molar-refractivity contribution in [3.8, 4) is 16.9 Å². The summed E-state index contributed by atoms with van der Waals surface area (Å²) >= 11 is 0. The van der Waals surface area contributed by atoms with Gasteiger partial charge in [-0.25, -0.2) is 14.0 Å². The smallest absolute Gasteiger partial charge is 0.130 e. The molecule has 154 valence electrons. The number of hydrogen-bond donors (Lipinski definition) is 1. The third kappa shape index (κ3) is 3.46. The van der Waals surface area contributed by atoms with E-state index in [1.54, 1.807) is 12.5 Å². The molecule has 8 nitrogen and oxygen atoms in total. The first-order chi connectivity index (χ1) is 14.5. The van der Waals surface area contributed by atoms with Crippen molar-refractivity contribution in [2.45, 2.75) is 0 Å². The first kappa shape index (κ1) is 18.8. The van der Waals surface area contributed by atoms with E-state index in [-0.39, 0.29) is 0 Å². The fourth-order valence-electron chi connectivity index (χ4n) is 3.82. The number of aromatic amines is 1. The minimum Gasteiger partial charge on any atom is -0.354 e. The molecule has 4 aromatic rings. The van der Waals surface area contributed by atoms with Gasteiger partial charge in [-0.3, -0.25) is 9.31 Å². The SMILES string of the molecule is C=S(C)(=O)N1CCN(c2cc(-n3ncc4ccc(-c5ccn[nH]5)cc43)ccn2)CC1. The average Bonchev–Trinajstić information content (AvgIpc) is 3.43. The van der Waals surface area contributed by atoms with Gasteiger partial charge in [-0.2, -0.15) is 10.2 Å². The fourth-order valence-corrected chi connectivity index (χ4v) is 4.76. The molecule has 0 aliphatic carbocycles. The summed E-state index contributed by atoms with van der Waals surface area (Å²) in [6.45, 7) is 2.95. The van der Waals surface area contributed by atoms with Crippen LogP contribution in [0, 0.1) is 0 Å². The Hall–Kier alpha value is -3.17. The Morgan fingerprint density at radius 3 is 2.63 bits per heavy atom. The molecular formula is C21H23N7OS. The molecule has 0 saturated carbocycles. The van der Waals surface area contributed by atoms with Crippen LogP contribution in [0.4, 0.5) is 5.82 Å². The number of benzene rings is 1. The van der Waals surface area contributed by atoms with Crippen LogP contribution in [0.5, 0.6) is 0 Å². The van der Waals surface area contributed by atoms with Crippen molar-refractivity contribution in [3.63, 3.8) is 0 Å². The van der Waals surface area contributed by atoms with Crippen molar-refractivity contribution in [1.29, 1.82) is 0 Å². The van der Waals surface area contributed by atoms with E-state index in [2.05, 4.69) is 55.3 Å². The number of aromatic nitrogens is 5. The normalized spacial score (nSPS) is 17.3. The number of piperazine rings is 1. The lowest BCUT2D eigenvalue weighted by molar-refractivity contribution is 0.409. The topological polar surface area (TPSA) is 82.9 Å². The zero-order chi connectivity index (χ0) is 20.7. The van der Waals surface area contributed by atoms with Gasteiger partial charge >= 0.3 is 0 Å². The molecule has 1 aliphatic heterocycles. The van der Waals surface area contributed by atoms with Crippen molar-refractivity contribution in [1.82, 2.24) is 29.3 Å². The van der Waals surface area contributed by atoms with Gasteiger partial charge in [0.05, 0.1) is 23.1 Å². The zero-order valence-electron chi connectivity index (χ0n) is 16.7. The summed E-state index contributed by atoms with van der Waals surface area (Å²) in [6.07, 6.45) is 7.13. The summed E-state index contributed by atoms with van der Waals surface area (Å²) in [5.74, 6) is 4.69. The molecule has 0 amide bonds. The number of nitrogens with one attached hydrogen (secondary N) is 1. The molecule has 1 aromatic carbocycles. The monoisotopic (exact) mass is 421 g/mol. The van der Waals surface area contributed by atoms with Gasteiger partial charge in [-0.1, -0.05) is 12.1 Å². The summed E-state index contributed by atoms with van der Waals surface area (Å²) in [5, 5.41) is 12.7. The van der Waals surface area contributed by atoms with E-state index in [1.165, 1.54) is 0 Å². The van der Waals surface area contributed by atoms with Gasteiger partial charge in [-0.15, -0.1) is 0 Å². The van der Waals surface area contributed by atoms with E-state index in [0.717, 1.165) is 46.8 Å². The molecule has 3 aromatic heterocycles. The van der Waals surface area contributed by atoms with E-state index in [4.69, 9.17) is 0 Å². The van der Waals surface area contributed by atoms with Gasteiger partial charge in [-0.05, 0) is 24.1 Å². The second-order valence-electron chi connectivity index (χ2n) is 7.55. The molecule has 1 fully saturated rings. The minimum absolute atomic E-state index is 0.711. The fraction of sp³-hybridized carbons (Fsp3) is 0.238. The summed E-state index contributed by atoms with van der Waals surface area (Å²) in [6, 6.07) is 12.2. The number of anilines is 1. The highest BCUT2D eigenvalue weighted by atomic mass is 32.2. The Morgan fingerprint density at radius 1 is 1.07 bits per heavy atom. The Morgan fingerprint density at radius 2 is 1.90 bits per heavy atom. The van der Waals surface area contributed by atoms with Crippen LogP contribution >= 0.6 is 0 Å². The second-order valence-corrected chi connectivity index (χ2v) is 9.98. The van der Waals surface area contributed by atoms with Crippen LogP contribution in [0.3, 0.4) is 0 Å². The van der Waals surface area contributed by atoms with Gasteiger partial charge in [0, 0.05) is 71.6 Å². The lowest BCUT2D eigenvalue weighted by Crippen LogP contribution is -2.48. The molecule has 1 unspecified atom stereocenters. The Labute approximate surface area is 175 Å². The lowest BCUT2D eigenvalue weighted by Gasteiger charge is -2.35. The van der Waals surface area contributed by atoms with E-state index < -0.39 is 9.71 Å². The number of hydrogen-bond acceptors (Lipinski definition) is 5. The molecule has 0 radical (unpaired) electrons. The molecule has 4 heterocycles. The van der Waals surface area contributed by atoms with Crippen molar-refractivity contribution >= 4 is 32.3 Å². The molecule has 9 heteroatoms. The van der Waals surface area contributed by atoms with Crippen molar-refractivity contribution in [3.05, 3.63) is 55.0 Å². The van der Waals surface area contributed by atoms with Crippen LogP contribution in [0.2, 0.25) is 0 Å². The van der Waals surface area contributed by atoms with Crippen LogP contribution < -0.4 is 4.90 Å². The maximum Gasteiger partial charge on any atom is 0.130 e. The minimum atomic E-state index is -2.16. The maximum absolute atomic E-state index is 12.2. The second kappa shape index (κ2) is 7.26. The lowest BCUT2D eigenvalue weighted by atomic mass is 10.1. The van der Waals surface area contributed by atoms with Crippen LogP contribution in [-0.2, 0) is 9.71 Å². The van der Waals surface area contributed by atoms with Gasteiger partial charge in [0.2, 0.25) is 0 Å². The number of nitrogens with zero attached hydrogens (tertiary/aromatic N) is 6. The summed E-state index contributed by atoms with van der Waals surface area (Å²) in [5.41, 5.74) is 4.00. The summed E-state index contributed by atoms with van der Waals surface area (Å²) < 4.78 is 16.1. The zero-order valence-corrected chi connectivity index (χ0v) is 17.5. The number of fused-ring (bicyclic) bond motifs is 1. The Kier molecular flexibility index (Phi) is 4.56. The first-order valence-corrected chi connectivity index (χ1v) is 11.8. The molecular weight excluding hydrogens is 398 g/mol. The third-order valence-corrected chi connectivity index (χ3v) is 6.92. The number of rotatable bonds is 4. The standard InChI is InChI=1S/C21H23N7OS/c1-30(2,29)27-11-9-26(10-12-27)21-14-18(5-7-22-21)28-20-13-16(19-6-8-23-25-19)3-4-17(20)15-24-28/h3-8,13-15H,1,9-12H2,2H3,(H,23,25). The van der Waals surface area contributed by atoms with Gasteiger partial charge < -0.3 is 4.90 Å². The quantitative estimate of drug-likeness (QED) is 0.511. The van der Waals surface area contributed by atoms with Crippen LogP contribution in [0.25, 0.3) is 27.8 Å². The largest absolute Gasteiger partial charge is 0.354 e. The van der Waals surface area contributed by atoms with E-state index in [9.17, 15) is 4.21 Å². The third-order valence-electron chi connectivity index (χ3n) is 5.47. The van der Waals surface area contributed by atoms with Crippen LogP contribution in [0.15, 0.2) is 55.0 Å². The molecule has 5 rings (SSSR count). The van der Waals surface area contributed by atoms with E-state index in [0.29, 0.717) is 13.1 Å². The van der Waals surface area contributed by atoms with Gasteiger partial charge in [0.25, 0.3) is 0 Å². The molecule has 0 bridgehead atoms. The highest BCUT2D eigenvalue weighted by molar-refractivity contribution is 7.97. The molecule has 1 N–H and O–H groups in total. The number of pyridine rings is 1. The van der Waals surface area contributed by atoms with Crippen LogP contribution in [-0.4, -0.2) is 71.8 Å². The van der Waals surface area contributed by atoms with Crippen molar-refractivity contribution in [2.24, 2.45) is 0 Å². The van der Waals surface area contributed by atoms with Gasteiger partial charge in [0.15, 0.2) is 0 Å². The highest BCUT2D eigenvalue weighted by Gasteiger charge is 2.21. The predicted octanol–water partition coefficient (Wildman–Crippen LogP) is 2.19. The average molecular weight is 422 g/mol. The molecule has 1 aliphatic rings. The van der Waals surface area contributed by atoms with Gasteiger partial charge in [0.1, 0.15) is 5.82 Å². The maximum atomic E-state index is 12.2. The molecule has 1 saturated heterocycles. The van der Waals surface area contributed by atoms with Crippen LogP contribution in [0.1, 0.15) is 0 Å². The first-order valence-electron chi connectivity index (χ1n) is 9.75. The Balaban J connectivity index is 1.46. The number of H-pyrrole nitrogens is 1. The Bertz CT molecular complexity index is 1290. The molecule has 30 heavy (non-hydrogen) atoms.